The minimum Gasteiger partial charge on any atom is -0.368 e. The summed E-state index contributed by atoms with van der Waals surface area (Å²) < 4.78 is 0. The van der Waals surface area contributed by atoms with Crippen molar-refractivity contribution in [3.05, 3.63) is 17.6 Å². The third kappa shape index (κ3) is 2.70. The molecule has 0 spiro atoms. The second-order valence-corrected chi connectivity index (χ2v) is 2.77. The highest BCUT2D eigenvalue weighted by Gasteiger charge is 2.01. The number of rotatable bonds is 3. The Labute approximate surface area is 76.4 Å². The molecule has 1 aromatic heterocycles. The van der Waals surface area contributed by atoms with Crippen molar-refractivity contribution in [2.75, 3.05) is 11.9 Å². The molecule has 0 aliphatic heterocycles. The van der Waals surface area contributed by atoms with Gasteiger partial charge >= 0.3 is 0 Å². The summed E-state index contributed by atoms with van der Waals surface area (Å²) >= 11 is 0. The number of carbonyl (C=O) groups excluding carboxylic acids is 1. The molecular formula is C8H12N4O. The van der Waals surface area contributed by atoms with Crippen molar-refractivity contribution in [3.63, 3.8) is 0 Å². The molecule has 1 amide bonds. The summed E-state index contributed by atoms with van der Waals surface area (Å²) in [7, 11) is 0. The predicted octanol–water partition coefficient (Wildman–Crippen LogP) is -0.00936. The van der Waals surface area contributed by atoms with Gasteiger partial charge in [0.05, 0.1) is 6.54 Å². The fourth-order valence-corrected chi connectivity index (χ4v) is 0.880. The molecule has 13 heavy (non-hydrogen) atoms. The van der Waals surface area contributed by atoms with E-state index in [0.717, 1.165) is 5.56 Å². The van der Waals surface area contributed by atoms with Crippen molar-refractivity contribution < 1.29 is 4.79 Å². The molecule has 0 aromatic carbocycles. The van der Waals surface area contributed by atoms with Crippen molar-refractivity contribution in [3.8, 4) is 0 Å². The van der Waals surface area contributed by atoms with E-state index in [1.165, 1.54) is 0 Å². The SMILES string of the molecule is Cc1ncc(C)c(NCC(N)=O)n1. The second kappa shape index (κ2) is 3.84. The topological polar surface area (TPSA) is 80.9 Å². The van der Waals surface area contributed by atoms with Gasteiger partial charge in [0.2, 0.25) is 5.91 Å². The van der Waals surface area contributed by atoms with Gasteiger partial charge in [0.25, 0.3) is 0 Å². The van der Waals surface area contributed by atoms with Crippen LogP contribution in [0.4, 0.5) is 5.82 Å². The van der Waals surface area contributed by atoms with Gasteiger partial charge in [-0.1, -0.05) is 0 Å². The number of carbonyl (C=O) groups is 1. The molecule has 0 atom stereocenters. The van der Waals surface area contributed by atoms with Crippen molar-refractivity contribution in [1.29, 1.82) is 0 Å². The number of aromatic nitrogens is 2. The van der Waals surface area contributed by atoms with E-state index in [4.69, 9.17) is 5.73 Å². The zero-order valence-electron chi connectivity index (χ0n) is 7.66. The number of hydrogen-bond donors (Lipinski definition) is 2. The maximum Gasteiger partial charge on any atom is 0.236 e. The van der Waals surface area contributed by atoms with Crippen LogP contribution in [0.1, 0.15) is 11.4 Å². The van der Waals surface area contributed by atoms with Gasteiger partial charge < -0.3 is 11.1 Å². The highest BCUT2D eigenvalue weighted by atomic mass is 16.1. The number of nitrogens with zero attached hydrogens (tertiary/aromatic N) is 2. The van der Waals surface area contributed by atoms with Gasteiger partial charge in [-0.15, -0.1) is 0 Å². The Morgan fingerprint density at radius 3 is 2.92 bits per heavy atom. The minimum atomic E-state index is -0.407. The first-order chi connectivity index (χ1) is 6.09. The summed E-state index contributed by atoms with van der Waals surface area (Å²) in [6.07, 6.45) is 1.70. The van der Waals surface area contributed by atoms with Gasteiger partial charge in [-0.05, 0) is 13.8 Å². The summed E-state index contributed by atoms with van der Waals surface area (Å²) in [5.41, 5.74) is 5.88. The lowest BCUT2D eigenvalue weighted by atomic mass is 10.3. The average molecular weight is 180 g/mol. The average Bonchev–Trinajstić information content (AvgIpc) is 2.06. The molecule has 3 N–H and O–H groups in total. The molecule has 0 unspecified atom stereocenters. The summed E-state index contributed by atoms with van der Waals surface area (Å²) in [4.78, 5) is 18.6. The molecule has 0 saturated heterocycles. The van der Waals surface area contributed by atoms with E-state index in [1.807, 2.05) is 6.92 Å². The zero-order valence-corrected chi connectivity index (χ0v) is 7.66. The highest BCUT2D eigenvalue weighted by Crippen LogP contribution is 2.08. The Kier molecular flexibility index (Phi) is 2.79. The monoisotopic (exact) mass is 180 g/mol. The lowest BCUT2D eigenvalue weighted by Crippen LogP contribution is -2.22. The lowest BCUT2D eigenvalue weighted by Gasteiger charge is -2.06. The summed E-state index contributed by atoms with van der Waals surface area (Å²) in [6.45, 7) is 3.74. The molecule has 70 valence electrons. The Morgan fingerprint density at radius 1 is 1.62 bits per heavy atom. The molecular weight excluding hydrogens is 168 g/mol. The first kappa shape index (κ1) is 9.44. The van der Waals surface area contributed by atoms with Crippen molar-refractivity contribution in [2.45, 2.75) is 13.8 Å². The normalized spacial score (nSPS) is 9.69. The number of nitrogens with one attached hydrogen (secondary N) is 1. The van der Waals surface area contributed by atoms with E-state index in [9.17, 15) is 4.79 Å². The van der Waals surface area contributed by atoms with Gasteiger partial charge in [-0.3, -0.25) is 4.79 Å². The predicted molar refractivity (Wildman–Crippen MR) is 49.2 cm³/mol. The van der Waals surface area contributed by atoms with Crippen molar-refractivity contribution in [2.24, 2.45) is 5.73 Å². The summed E-state index contributed by atoms with van der Waals surface area (Å²) in [5, 5.41) is 2.83. The van der Waals surface area contributed by atoms with Gasteiger partial charge in [0, 0.05) is 11.8 Å². The number of hydrogen-bond acceptors (Lipinski definition) is 4. The Bertz CT molecular complexity index is 324. The van der Waals surface area contributed by atoms with Crippen LogP contribution in [-0.2, 0) is 4.79 Å². The maximum atomic E-state index is 10.5. The fourth-order valence-electron chi connectivity index (χ4n) is 0.880. The third-order valence-electron chi connectivity index (χ3n) is 1.52. The molecule has 1 rings (SSSR count). The van der Waals surface area contributed by atoms with Crippen molar-refractivity contribution in [1.82, 2.24) is 9.97 Å². The molecule has 0 bridgehead atoms. The van der Waals surface area contributed by atoms with Crippen molar-refractivity contribution >= 4 is 11.7 Å². The first-order valence-electron chi connectivity index (χ1n) is 3.92. The van der Waals surface area contributed by atoms with Gasteiger partial charge in [-0.25, -0.2) is 9.97 Å². The summed E-state index contributed by atoms with van der Waals surface area (Å²) in [5.74, 6) is 0.916. The molecule has 0 aliphatic rings. The lowest BCUT2D eigenvalue weighted by molar-refractivity contribution is -0.116. The van der Waals surface area contributed by atoms with Crippen LogP contribution in [0.25, 0.3) is 0 Å². The molecule has 0 radical (unpaired) electrons. The van der Waals surface area contributed by atoms with E-state index in [2.05, 4.69) is 15.3 Å². The third-order valence-corrected chi connectivity index (χ3v) is 1.52. The van der Waals surface area contributed by atoms with Gasteiger partial charge in [-0.2, -0.15) is 0 Å². The molecule has 0 saturated carbocycles. The van der Waals surface area contributed by atoms with E-state index < -0.39 is 5.91 Å². The highest BCUT2D eigenvalue weighted by molar-refractivity contribution is 5.78. The van der Waals surface area contributed by atoms with E-state index in [-0.39, 0.29) is 6.54 Å². The van der Waals surface area contributed by atoms with Gasteiger partial charge in [0.15, 0.2) is 0 Å². The summed E-state index contributed by atoms with van der Waals surface area (Å²) in [6, 6.07) is 0. The largest absolute Gasteiger partial charge is 0.368 e. The van der Waals surface area contributed by atoms with Gasteiger partial charge in [0.1, 0.15) is 11.6 Å². The molecule has 0 fully saturated rings. The van der Waals surface area contributed by atoms with Crippen LogP contribution in [0.3, 0.4) is 0 Å². The van der Waals surface area contributed by atoms with E-state index >= 15 is 0 Å². The first-order valence-corrected chi connectivity index (χ1v) is 3.92. The number of anilines is 1. The maximum absolute atomic E-state index is 10.5. The molecule has 0 aliphatic carbocycles. The number of amides is 1. The Balaban J connectivity index is 2.75. The molecule has 5 heteroatoms. The number of primary amides is 1. The van der Waals surface area contributed by atoms with Crippen LogP contribution < -0.4 is 11.1 Å². The molecule has 1 heterocycles. The van der Waals surface area contributed by atoms with Crippen LogP contribution in [0.15, 0.2) is 6.20 Å². The minimum absolute atomic E-state index is 0.0945. The smallest absolute Gasteiger partial charge is 0.236 e. The number of aryl methyl sites for hydroxylation is 2. The molecule has 1 aromatic rings. The number of nitrogens with two attached hydrogens (primary N) is 1. The van der Waals surface area contributed by atoms with E-state index in [0.29, 0.717) is 11.6 Å². The van der Waals surface area contributed by atoms with Crippen LogP contribution >= 0.6 is 0 Å². The van der Waals surface area contributed by atoms with E-state index in [1.54, 1.807) is 13.1 Å². The Morgan fingerprint density at radius 2 is 2.31 bits per heavy atom. The van der Waals surface area contributed by atoms with Crippen LogP contribution in [0.5, 0.6) is 0 Å². The zero-order chi connectivity index (χ0) is 9.84. The van der Waals surface area contributed by atoms with Crippen LogP contribution in [0, 0.1) is 13.8 Å². The fraction of sp³-hybridized carbons (Fsp3) is 0.375. The second-order valence-electron chi connectivity index (χ2n) is 2.77. The molecule has 5 nitrogen and oxygen atoms in total. The quantitative estimate of drug-likeness (QED) is 0.685. The Hall–Kier alpha value is -1.65. The standard InChI is InChI=1S/C8H12N4O/c1-5-3-10-6(2)12-8(5)11-4-7(9)13/h3H,4H2,1-2H3,(H2,9,13)(H,10,11,12). The van der Waals surface area contributed by atoms with Crippen LogP contribution in [0.2, 0.25) is 0 Å². The van der Waals surface area contributed by atoms with Crippen LogP contribution in [-0.4, -0.2) is 22.4 Å².